The molecule has 1 heterocycles. The maximum Gasteiger partial charge on any atom is 0.306 e. The van der Waals surface area contributed by atoms with Crippen LogP contribution < -0.4 is 5.32 Å². The number of unbranched alkanes of at least 4 members (excludes halogenated alkanes) is 30. The second-order valence-corrected chi connectivity index (χ2v) is 20.7. The molecule has 0 bridgehead atoms. The topological polar surface area (TPSA) is 175 Å². The summed E-state index contributed by atoms with van der Waals surface area (Å²) in [4.78, 5) is 26.5. The van der Waals surface area contributed by atoms with E-state index in [1.807, 2.05) is 6.08 Å². The zero-order chi connectivity index (χ0) is 52.5. The minimum atomic E-state index is -1.62. The van der Waals surface area contributed by atoms with Gasteiger partial charge in [-0.2, -0.15) is 0 Å². The van der Waals surface area contributed by atoms with Gasteiger partial charge in [0.25, 0.3) is 0 Å². The lowest BCUT2D eigenvalue weighted by Crippen LogP contribution is -2.61. The summed E-state index contributed by atoms with van der Waals surface area (Å²) in [7, 11) is 0. The van der Waals surface area contributed by atoms with Crippen LogP contribution in [0.4, 0.5) is 0 Å². The number of ether oxygens (including phenoxy) is 3. The van der Waals surface area contributed by atoms with Gasteiger partial charge in [0, 0.05) is 6.42 Å². The summed E-state index contributed by atoms with van der Waals surface area (Å²) in [5.74, 6) is -1.22. The number of amides is 1. The van der Waals surface area contributed by atoms with E-state index in [2.05, 4.69) is 62.5 Å². The molecular formula is C61H111NO10. The standard InChI is InChI=1S/C61H111NO10/c1-4-7-10-13-16-19-22-25-27-28-30-33-36-39-42-45-48-54(65)60(69)62-52(53(64)47-44-41-38-35-32-29-24-21-18-15-12-9-6-3)51-70-61-59(58(68)57(67)55(50-63)71-61)72-56(66)49-46-43-40-37-34-31-26-23-20-17-14-11-8-5-2/h16,19,25,27,31,34,44,47,52-55,57-59,61,63-65,67-68H,4-15,17-18,20-24,26,28-30,32-33,35-43,45-46,48-51H2,1-3H3,(H,62,69)/b19-16-,27-25-,34-31-,47-44+. The van der Waals surface area contributed by atoms with Crippen molar-refractivity contribution in [1.82, 2.24) is 5.32 Å². The van der Waals surface area contributed by atoms with Crippen LogP contribution in [-0.4, -0.2) is 99.6 Å². The molecule has 0 spiro atoms. The molecule has 0 aromatic rings. The first-order valence-corrected chi connectivity index (χ1v) is 29.9. The molecule has 8 atom stereocenters. The molecule has 1 rings (SSSR count). The number of nitrogens with one attached hydrogen (secondary N) is 1. The Morgan fingerprint density at radius 3 is 1.46 bits per heavy atom. The highest BCUT2D eigenvalue weighted by Gasteiger charge is 2.47. The highest BCUT2D eigenvalue weighted by Crippen LogP contribution is 2.26. The van der Waals surface area contributed by atoms with Crippen molar-refractivity contribution in [2.45, 2.75) is 314 Å². The van der Waals surface area contributed by atoms with Crippen LogP contribution in [0.1, 0.15) is 265 Å². The summed E-state index contributed by atoms with van der Waals surface area (Å²) < 4.78 is 17.6. The number of aliphatic hydroxyl groups is 5. The fraction of sp³-hybridized carbons (Fsp3) is 0.836. The van der Waals surface area contributed by atoms with Gasteiger partial charge in [-0.1, -0.05) is 223 Å². The fourth-order valence-electron chi connectivity index (χ4n) is 9.15. The molecule has 1 saturated heterocycles. The number of hydrogen-bond acceptors (Lipinski definition) is 10. The molecule has 6 N–H and O–H groups in total. The third-order valence-corrected chi connectivity index (χ3v) is 14.0. The van der Waals surface area contributed by atoms with Gasteiger partial charge in [0.15, 0.2) is 12.4 Å². The van der Waals surface area contributed by atoms with Crippen LogP contribution in [0.15, 0.2) is 48.6 Å². The van der Waals surface area contributed by atoms with Crippen molar-refractivity contribution in [1.29, 1.82) is 0 Å². The Balaban J connectivity index is 2.74. The second-order valence-electron chi connectivity index (χ2n) is 20.7. The third kappa shape index (κ3) is 37.4. The molecule has 11 heteroatoms. The maximum absolute atomic E-state index is 13.4. The second kappa shape index (κ2) is 49.5. The molecule has 1 amide bonds. The molecule has 1 aliphatic heterocycles. The van der Waals surface area contributed by atoms with Crippen molar-refractivity contribution in [2.24, 2.45) is 0 Å². The van der Waals surface area contributed by atoms with Crippen LogP contribution in [0.3, 0.4) is 0 Å². The van der Waals surface area contributed by atoms with Gasteiger partial charge in [0.1, 0.15) is 24.4 Å². The van der Waals surface area contributed by atoms with Gasteiger partial charge in [0.05, 0.1) is 25.4 Å². The largest absolute Gasteiger partial charge is 0.454 e. The molecule has 1 fully saturated rings. The lowest BCUT2D eigenvalue weighted by atomic mass is 9.99. The van der Waals surface area contributed by atoms with Crippen molar-refractivity contribution < 1.29 is 49.3 Å². The molecular weight excluding hydrogens is 907 g/mol. The number of hydrogen-bond donors (Lipinski definition) is 6. The van der Waals surface area contributed by atoms with E-state index >= 15 is 0 Å². The molecule has 8 unspecified atom stereocenters. The number of allylic oxidation sites excluding steroid dienone is 7. The smallest absolute Gasteiger partial charge is 0.306 e. The number of esters is 1. The van der Waals surface area contributed by atoms with Crippen molar-refractivity contribution in [3.63, 3.8) is 0 Å². The molecule has 0 saturated carbocycles. The van der Waals surface area contributed by atoms with E-state index in [9.17, 15) is 35.1 Å². The zero-order valence-corrected chi connectivity index (χ0v) is 46.3. The first kappa shape index (κ1) is 67.6. The number of aliphatic hydroxyl groups excluding tert-OH is 5. The Morgan fingerprint density at radius 1 is 0.542 bits per heavy atom. The number of carbonyl (C=O) groups is 2. The Kier molecular flexibility index (Phi) is 46.5. The van der Waals surface area contributed by atoms with Crippen LogP contribution >= 0.6 is 0 Å². The van der Waals surface area contributed by atoms with Gasteiger partial charge in [-0.05, 0) is 83.5 Å². The molecule has 420 valence electrons. The maximum atomic E-state index is 13.4. The lowest BCUT2D eigenvalue weighted by molar-refractivity contribution is -0.305. The van der Waals surface area contributed by atoms with Gasteiger partial charge in [-0.25, -0.2) is 0 Å². The Hall–Kier alpha value is -2.38. The van der Waals surface area contributed by atoms with Crippen molar-refractivity contribution in [2.75, 3.05) is 13.2 Å². The summed E-state index contributed by atoms with van der Waals surface area (Å²) >= 11 is 0. The van der Waals surface area contributed by atoms with E-state index < -0.39 is 67.4 Å². The zero-order valence-electron chi connectivity index (χ0n) is 46.3. The first-order chi connectivity index (χ1) is 35.2. The minimum absolute atomic E-state index is 0.103. The summed E-state index contributed by atoms with van der Waals surface area (Å²) in [6.07, 6.45) is 48.6. The van der Waals surface area contributed by atoms with Crippen molar-refractivity contribution in [3.8, 4) is 0 Å². The van der Waals surface area contributed by atoms with E-state index in [-0.39, 0.29) is 19.4 Å². The van der Waals surface area contributed by atoms with Gasteiger partial charge in [-0.15, -0.1) is 0 Å². The minimum Gasteiger partial charge on any atom is -0.454 e. The SMILES string of the molecule is CCCCC/C=C\C/C=C\CCCCCCCCC(O)C(=O)NC(COC1OC(CO)C(O)C(O)C1OC(=O)CCCCC/C=C\CCCCCCCCC)C(O)/C=C/CCCCCCCCCCCCC. The average molecular weight is 1020 g/mol. The Bertz CT molecular complexity index is 1350. The molecule has 11 nitrogen and oxygen atoms in total. The van der Waals surface area contributed by atoms with E-state index in [1.165, 1.54) is 128 Å². The summed E-state index contributed by atoms with van der Waals surface area (Å²) in [5.41, 5.74) is 0. The number of carbonyl (C=O) groups excluding carboxylic acids is 2. The van der Waals surface area contributed by atoms with Gasteiger partial charge in [0.2, 0.25) is 5.91 Å². The van der Waals surface area contributed by atoms with E-state index in [1.54, 1.807) is 6.08 Å². The highest BCUT2D eigenvalue weighted by atomic mass is 16.7. The Morgan fingerprint density at radius 2 is 0.958 bits per heavy atom. The first-order valence-electron chi connectivity index (χ1n) is 29.9. The molecule has 1 aliphatic rings. The predicted octanol–water partition coefficient (Wildman–Crippen LogP) is 13.7. The fourth-order valence-corrected chi connectivity index (χ4v) is 9.15. The summed E-state index contributed by atoms with van der Waals surface area (Å²) in [6.45, 7) is 5.75. The van der Waals surface area contributed by atoms with Gasteiger partial charge >= 0.3 is 5.97 Å². The van der Waals surface area contributed by atoms with Gasteiger partial charge in [-0.3, -0.25) is 9.59 Å². The summed E-state index contributed by atoms with van der Waals surface area (Å²) in [5, 5.41) is 56.9. The van der Waals surface area contributed by atoms with E-state index in [4.69, 9.17) is 14.2 Å². The quantitative estimate of drug-likeness (QED) is 0.0195. The highest BCUT2D eigenvalue weighted by molar-refractivity contribution is 5.80. The molecule has 0 aromatic heterocycles. The predicted molar refractivity (Wildman–Crippen MR) is 297 cm³/mol. The summed E-state index contributed by atoms with van der Waals surface area (Å²) in [6, 6.07) is -1.03. The lowest BCUT2D eigenvalue weighted by Gasteiger charge is -2.41. The van der Waals surface area contributed by atoms with Gasteiger partial charge < -0.3 is 45.1 Å². The average Bonchev–Trinajstić information content (AvgIpc) is 3.38. The Labute approximate surface area is 440 Å². The van der Waals surface area contributed by atoms with Crippen molar-refractivity contribution in [3.05, 3.63) is 48.6 Å². The van der Waals surface area contributed by atoms with Crippen LogP contribution in [0.2, 0.25) is 0 Å². The molecule has 0 aliphatic carbocycles. The number of rotatable bonds is 50. The normalized spacial score (nSPS) is 19.8. The molecule has 72 heavy (non-hydrogen) atoms. The van der Waals surface area contributed by atoms with E-state index in [0.29, 0.717) is 12.8 Å². The molecule has 0 radical (unpaired) electrons. The molecule has 0 aromatic carbocycles. The van der Waals surface area contributed by atoms with Crippen LogP contribution in [0, 0.1) is 0 Å². The van der Waals surface area contributed by atoms with Crippen LogP contribution in [0.5, 0.6) is 0 Å². The van der Waals surface area contributed by atoms with Crippen molar-refractivity contribution >= 4 is 11.9 Å². The third-order valence-electron chi connectivity index (χ3n) is 14.0. The van der Waals surface area contributed by atoms with Crippen LogP contribution in [0.25, 0.3) is 0 Å². The van der Waals surface area contributed by atoms with Crippen LogP contribution in [-0.2, 0) is 23.8 Å². The monoisotopic (exact) mass is 1020 g/mol. The van der Waals surface area contributed by atoms with E-state index in [0.717, 1.165) is 89.9 Å².